The monoisotopic (exact) mass is 221 g/mol. The Morgan fingerprint density at radius 3 is 3.33 bits per heavy atom. The third-order valence-electron chi connectivity index (χ3n) is 3.14. The zero-order chi connectivity index (χ0) is 10.1. The number of aryl methyl sites for hydroxylation is 1. The summed E-state index contributed by atoms with van der Waals surface area (Å²) in [6, 6.07) is 0. The van der Waals surface area contributed by atoms with Crippen molar-refractivity contribution in [3.8, 4) is 0 Å². The van der Waals surface area contributed by atoms with Crippen LogP contribution in [0.15, 0.2) is 6.20 Å². The van der Waals surface area contributed by atoms with Gasteiger partial charge in [0.25, 0.3) is 0 Å². The molecule has 0 aromatic carbocycles. The molecular formula is C11H15N3S. The molecule has 0 amide bonds. The van der Waals surface area contributed by atoms with Crippen LogP contribution < -0.4 is 5.32 Å². The zero-order valence-electron chi connectivity index (χ0n) is 8.70. The van der Waals surface area contributed by atoms with Crippen LogP contribution >= 0.6 is 11.8 Å². The summed E-state index contributed by atoms with van der Waals surface area (Å²) in [5, 5.41) is 3.37. The van der Waals surface area contributed by atoms with Gasteiger partial charge < -0.3 is 5.32 Å². The highest BCUT2D eigenvalue weighted by Gasteiger charge is 2.21. The third kappa shape index (κ3) is 1.88. The number of nitrogens with zero attached hydrogens (tertiary/aromatic N) is 2. The molecule has 3 rings (SSSR count). The smallest absolute Gasteiger partial charge is 0.132 e. The van der Waals surface area contributed by atoms with Crippen molar-refractivity contribution in [2.24, 2.45) is 0 Å². The van der Waals surface area contributed by atoms with E-state index in [0.29, 0.717) is 5.92 Å². The number of fused-ring (bicyclic) bond motifs is 1. The summed E-state index contributed by atoms with van der Waals surface area (Å²) >= 11 is 1.98. The number of rotatable bonds is 1. The standard InChI is InChI=1S/C11H15N3S/c1-3-12-5-8(1)11-13-6-9-7-15-4-2-10(9)14-11/h6,8,12H,1-5,7H2. The molecule has 80 valence electrons. The average Bonchev–Trinajstić information content (AvgIpc) is 2.82. The fourth-order valence-electron chi connectivity index (χ4n) is 2.22. The van der Waals surface area contributed by atoms with Crippen LogP contribution in [0.3, 0.4) is 0 Å². The summed E-state index contributed by atoms with van der Waals surface area (Å²) in [7, 11) is 0. The fourth-order valence-corrected chi connectivity index (χ4v) is 3.16. The van der Waals surface area contributed by atoms with Gasteiger partial charge in [0.05, 0.1) is 0 Å². The second kappa shape index (κ2) is 4.10. The molecule has 1 fully saturated rings. The Hall–Kier alpha value is -0.610. The van der Waals surface area contributed by atoms with E-state index in [0.717, 1.165) is 31.1 Å². The SMILES string of the molecule is c1nc(C2CCNC2)nc2c1CSCC2. The predicted octanol–water partition coefficient (Wildman–Crippen LogP) is 1.34. The summed E-state index contributed by atoms with van der Waals surface area (Å²) < 4.78 is 0. The number of nitrogens with one attached hydrogen (secondary N) is 1. The molecule has 1 saturated heterocycles. The maximum Gasteiger partial charge on any atom is 0.132 e. The molecule has 1 aromatic heterocycles. The highest BCUT2D eigenvalue weighted by atomic mass is 32.2. The van der Waals surface area contributed by atoms with Crippen molar-refractivity contribution in [3.05, 3.63) is 23.3 Å². The molecule has 3 nitrogen and oxygen atoms in total. The van der Waals surface area contributed by atoms with E-state index in [9.17, 15) is 0 Å². The molecule has 2 aliphatic heterocycles. The van der Waals surface area contributed by atoms with Gasteiger partial charge in [-0.3, -0.25) is 0 Å². The van der Waals surface area contributed by atoms with Gasteiger partial charge in [-0.25, -0.2) is 9.97 Å². The normalized spacial score (nSPS) is 25.2. The van der Waals surface area contributed by atoms with Crippen molar-refractivity contribution in [1.29, 1.82) is 0 Å². The van der Waals surface area contributed by atoms with Crippen molar-refractivity contribution in [1.82, 2.24) is 15.3 Å². The summed E-state index contributed by atoms with van der Waals surface area (Å²) in [4.78, 5) is 9.24. The molecule has 1 N–H and O–H groups in total. The first-order chi connectivity index (χ1) is 7.43. The molecule has 0 aliphatic carbocycles. The highest BCUT2D eigenvalue weighted by molar-refractivity contribution is 7.98. The van der Waals surface area contributed by atoms with E-state index in [2.05, 4.69) is 10.3 Å². The lowest BCUT2D eigenvalue weighted by Gasteiger charge is -2.16. The minimum absolute atomic E-state index is 0.546. The van der Waals surface area contributed by atoms with Crippen molar-refractivity contribution >= 4 is 11.8 Å². The molecular weight excluding hydrogens is 206 g/mol. The minimum Gasteiger partial charge on any atom is -0.316 e. The minimum atomic E-state index is 0.546. The van der Waals surface area contributed by atoms with Gasteiger partial charge in [0.15, 0.2) is 0 Å². The van der Waals surface area contributed by atoms with Crippen LogP contribution in [0.2, 0.25) is 0 Å². The van der Waals surface area contributed by atoms with E-state index >= 15 is 0 Å². The molecule has 0 spiro atoms. The second-order valence-electron chi connectivity index (χ2n) is 4.19. The van der Waals surface area contributed by atoms with E-state index in [1.165, 1.54) is 23.4 Å². The molecule has 0 bridgehead atoms. The summed E-state index contributed by atoms with van der Waals surface area (Å²) in [6.07, 6.45) is 4.35. The maximum absolute atomic E-state index is 4.73. The molecule has 1 atom stereocenters. The molecule has 2 aliphatic rings. The Morgan fingerprint density at radius 1 is 1.47 bits per heavy atom. The topological polar surface area (TPSA) is 37.8 Å². The molecule has 0 radical (unpaired) electrons. The Bertz CT molecular complexity index is 361. The molecule has 3 heterocycles. The van der Waals surface area contributed by atoms with Gasteiger partial charge in [0, 0.05) is 35.7 Å². The van der Waals surface area contributed by atoms with Crippen molar-refractivity contribution in [2.75, 3.05) is 18.8 Å². The lowest BCUT2D eigenvalue weighted by atomic mass is 10.1. The first-order valence-corrected chi connectivity index (χ1v) is 6.72. The van der Waals surface area contributed by atoms with Gasteiger partial charge in [-0.2, -0.15) is 11.8 Å². The molecule has 15 heavy (non-hydrogen) atoms. The third-order valence-corrected chi connectivity index (χ3v) is 4.15. The van der Waals surface area contributed by atoms with Gasteiger partial charge in [-0.15, -0.1) is 0 Å². The Morgan fingerprint density at radius 2 is 2.47 bits per heavy atom. The van der Waals surface area contributed by atoms with Crippen LogP contribution in [0, 0.1) is 0 Å². The largest absolute Gasteiger partial charge is 0.316 e. The van der Waals surface area contributed by atoms with Crippen LogP contribution in [0.4, 0.5) is 0 Å². The Labute approximate surface area is 94.1 Å². The molecule has 1 unspecified atom stereocenters. The van der Waals surface area contributed by atoms with Crippen LogP contribution in [0.1, 0.15) is 29.4 Å². The highest BCUT2D eigenvalue weighted by Crippen LogP contribution is 2.25. The fraction of sp³-hybridized carbons (Fsp3) is 0.636. The van der Waals surface area contributed by atoms with Gasteiger partial charge in [-0.05, 0) is 25.1 Å². The van der Waals surface area contributed by atoms with Gasteiger partial charge >= 0.3 is 0 Å². The van der Waals surface area contributed by atoms with Gasteiger partial charge in [0.2, 0.25) is 0 Å². The van der Waals surface area contributed by atoms with Crippen molar-refractivity contribution in [2.45, 2.75) is 24.5 Å². The average molecular weight is 221 g/mol. The second-order valence-corrected chi connectivity index (χ2v) is 5.30. The summed E-state index contributed by atoms with van der Waals surface area (Å²) in [6.45, 7) is 2.16. The lowest BCUT2D eigenvalue weighted by molar-refractivity contribution is 0.689. The first kappa shape index (κ1) is 9.60. The van der Waals surface area contributed by atoms with E-state index < -0.39 is 0 Å². The number of hydrogen-bond donors (Lipinski definition) is 1. The summed E-state index contributed by atoms with van der Waals surface area (Å²) in [5.74, 6) is 3.92. The number of aromatic nitrogens is 2. The number of hydrogen-bond acceptors (Lipinski definition) is 4. The van der Waals surface area contributed by atoms with E-state index in [-0.39, 0.29) is 0 Å². The Kier molecular flexibility index (Phi) is 2.63. The maximum atomic E-state index is 4.73. The predicted molar refractivity (Wildman–Crippen MR) is 62.1 cm³/mol. The van der Waals surface area contributed by atoms with Crippen LogP contribution in [-0.2, 0) is 12.2 Å². The van der Waals surface area contributed by atoms with Crippen LogP contribution in [0.25, 0.3) is 0 Å². The quantitative estimate of drug-likeness (QED) is 0.776. The van der Waals surface area contributed by atoms with E-state index in [1.54, 1.807) is 0 Å². The van der Waals surface area contributed by atoms with E-state index in [1.807, 2.05) is 18.0 Å². The van der Waals surface area contributed by atoms with Gasteiger partial charge in [-0.1, -0.05) is 0 Å². The first-order valence-electron chi connectivity index (χ1n) is 5.56. The van der Waals surface area contributed by atoms with Crippen molar-refractivity contribution in [3.63, 3.8) is 0 Å². The summed E-state index contributed by atoms with van der Waals surface area (Å²) in [5.41, 5.74) is 2.65. The number of thioether (sulfide) groups is 1. The van der Waals surface area contributed by atoms with Crippen LogP contribution in [-0.4, -0.2) is 28.8 Å². The Balaban J connectivity index is 1.89. The molecule has 1 aromatic rings. The molecule has 4 heteroatoms. The van der Waals surface area contributed by atoms with Gasteiger partial charge in [0.1, 0.15) is 5.82 Å². The lowest BCUT2D eigenvalue weighted by Crippen LogP contribution is -2.14. The van der Waals surface area contributed by atoms with Crippen LogP contribution in [0.5, 0.6) is 0 Å². The van der Waals surface area contributed by atoms with E-state index in [4.69, 9.17) is 4.98 Å². The van der Waals surface area contributed by atoms with Crippen molar-refractivity contribution < 1.29 is 0 Å². The zero-order valence-corrected chi connectivity index (χ0v) is 9.52. The molecule has 0 saturated carbocycles.